The standard InChI is InChI=1S/C20H20N2O3S/c1-14-3-5-15(6-4-14)11-18-12-21-20(26-18)22-19(23)13-25-17-9-7-16(24-2)8-10-17/h3-10,12H,11,13H2,1-2H3,(H,21,22,23). The molecule has 0 fully saturated rings. The second-order valence-electron chi connectivity index (χ2n) is 5.81. The second kappa shape index (κ2) is 8.49. The van der Waals surface area contributed by atoms with Crippen molar-refractivity contribution >= 4 is 22.4 Å². The summed E-state index contributed by atoms with van der Waals surface area (Å²) in [6.45, 7) is 2.00. The maximum absolute atomic E-state index is 12.0. The van der Waals surface area contributed by atoms with Crippen molar-refractivity contribution in [3.63, 3.8) is 0 Å². The zero-order valence-corrected chi connectivity index (χ0v) is 15.5. The fraction of sp³-hybridized carbons (Fsp3) is 0.200. The Morgan fingerprint density at radius 2 is 1.77 bits per heavy atom. The molecule has 0 spiro atoms. The van der Waals surface area contributed by atoms with Gasteiger partial charge in [0.1, 0.15) is 11.5 Å². The number of hydrogen-bond acceptors (Lipinski definition) is 5. The van der Waals surface area contributed by atoms with Crippen molar-refractivity contribution in [3.05, 3.63) is 70.7 Å². The van der Waals surface area contributed by atoms with Crippen molar-refractivity contribution in [2.24, 2.45) is 0 Å². The molecule has 1 aromatic heterocycles. The van der Waals surface area contributed by atoms with Crippen LogP contribution < -0.4 is 14.8 Å². The Morgan fingerprint density at radius 1 is 1.08 bits per heavy atom. The van der Waals surface area contributed by atoms with E-state index in [0.29, 0.717) is 10.9 Å². The largest absolute Gasteiger partial charge is 0.497 e. The van der Waals surface area contributed by atoms with Crippen LogP contribution in [0.5, 0.6) is 11.5 Å². The molecule has 0 atom stereocenters. The number of methoxy groups -OCH3 is 1. The molecular weight excluding hydrogens is 348 g/mol. The Labute approximate surface area is 156 Å². The lowest BCUT2D eigenvalue weighted by atomic mass is 10.1. The summed E-state index contributed by atoms with van der Waals surface area (Å²) in [7, 11) is 1.60. The number of anilines is 1. The number of hydrogen-bond donors (Lipinski definition) is 1. The number of nitrogens with one attached hydrogen (secondary N) is 1. The van der Waals surface area contributed by atoms with Gasteiger partial charge in [0.2, 0.25) is 0 Å². The molecule has 1 heterocycles. The molecule has 3 aromatic rings. The Hall–Kier alpha value is -2.86. The number of thiazole rings is 1. The smallest absolute Gasteiger partial charge is 0.264 e. The van der Waals surface area contributed by atoms with E-state index in [0.717, 1.165) is 17.0 Å². The molecule has 0 aliphatic heterocycles. The maximum atomic E-state index is 12.0. The van der Waals surface area contributed by atoms with Crippen LogP contribution >= 0.6 is 11.3 Å². The molecule has 6 heteroatoms. The van der Waals surface area contributed by atoms with Gasteiger partial charge in [-0.2, -0.15) is 0 Å². The van der Waals surface area contributed by atoms with Crippen LogP contribution in [0.15, 0.2) is 54.7 Å². The Bertz CT molecular complexity index is 858. The third-order valence-corrected chi connectivity index (χ3v) is 4.64. The van der Waals surface area contributed by atoms with Crippen LogP contribution in [0.3, 0.4) is 0 Å². The molecular formula is C20H20N2O3S. The van der Waals surface area contributed by atoms with Gasteiger partial charge < -0.3 is 9.47 Å². The molecule has 26 heavy (non-hydrogen) atoms. The average molecular weight is 368 g/mol. The van der Waals surface area contributed by atoms with Crippen LogP contribution in [0.25, 0.3) is 0 Å². The molecule has 2 aromatic carbocycles. The fourth-order valence-electron chi connectivity index (χ4n) is 2.33. The van der Waals surface area contributed by atoms with Crippen molar-refractivity contribution in [2.45, 2.75) is 13.3 Å². The van der Waals surface area contributed by atoms with Gasteiger partial charge in [-0.15, -0.1) is 11.3 Å². The number of benzene rings is 2. The minimum absolute atomic E-state index is 0.0702. The highest BCUT2D eigenvalue weighted by Gasteiger charge is 2.08. The summed E-state index contributed by atoms with van der Waals surface area (Å²) in [5.41, 5.74) is 2.46. The first-order chi connectivity index (χ1) is 12.6. The van der Waals surface area contributed by atoms with Gasteiger partial charge in [-0.1, -0.05) is 29.8 Å². The molecule has 1 amide bonds. The highest BCUT2D eigenvalue weighted by molar-refractivity contribution is 7.15. The fourth-order valence-corrected chi connectivity index (χ4v) is 3.19. The van der Waals surface area contributed by atoms with E-state index in [1.54, 1.807) is 37.6 Å². The Morgan fingerprint density at radius 3 is 2.46 bits per heavy atom. The van der Waals surface area contributed by atoms with Crippen molar-refractivity contribution < 1.29 is 14.3 Å². The van der Waals surface area contributed by atoms with E-state index in [-0.39, 0.29) is 12.5 Å². The van der Waals surface area contributed by atoms with Crippen LogP contribution in [0.4, 0.5) is 5.13 Å². The summed E-state index contributed by atoms with van der Waals surface area (Å²) in [6, 6.07) is 15.5. The number of aromatic nitrogens is 1. The Kier molecular flexibility index (Phi) is 5.86. The molecule has 1 N–H and O–H groups in total. The Balaban J connectivity index is 1.49. The normalized spacial score (nSPS) is 10.4. The van der Waals surface area contributed by atoms with Gasteiger partial charge in [0.05, 0.1) is 7.11 Å². The highest BCUT2D eigenvalue weighted by atomic mass is 32.1. The second-order valence-corrected chi connectivity index (χ2v) is 6.92. The van der Waals surface area contributed by atoms with Crippen LogP contribution in [0.1, 0.15) is 16.0 Å². The lowest BCUT2D eigenvalue weighted by Crippen LogP contribution is -2.19. The van der Waals surface area contributed by atoms with Crippen LogP contribution in [-0.2, 0) is 11.2 Å². The molecule has 5 nitrogen and oxygen atoms in total. The number of carbonyl (C=O) groups excluding carboxylic acids is 1. The lowest BCUT2D eigenvalue weighted by molar-refractivity contribution is -0.118. The zero-order chi connectivity index (χ0) is 18.4. The first kappa shape index (κ1) is 17.9. The van der Waals surface area contributed by atoms with Gasteiger partial charge >= 0.3 is 0 Å². The van der Waals surface area contributed by atoms with Gasteiger partial charge in [-0.3, -0.25) is 10.1 Å². The van der Waals surface area contributed by atoms with Crippen molar-refractivity contribution in [3.8, 4) is 11.5 Å². The van der Waals surface area contributed by atoms with E-state index in [1.807, 2.05) is 0 Å². The molecule has 0 saturated heterocycles. The van der Waals surface area contributed by atoms with Gasteiger partial charge in [-0.25, -0.2) is 4.98 Å². The van der Waals surface area contributed by atoms with Gasteiger partial charge in [0, 0.05) is 17.5 Å². The van der Waals surface area contributed by atoms with E-state index in [9.17, 15) is 4.79 Å². The summed E-state index contributed by atoms with van der Waals surface area (Å²) < 4.78 is 10.5. The van der Waals surface area contributed by atoms with Crippen molar-refractivity contribution in [1.29, 1.82) is 0 Å². The molecule has 0 radical (unpaired) electrons. The maximum Gasteiger partial charge on any atom is 0.264 e. The minimum Gasteiger partial charge on any atom is -0.497 e. The van der Waals surface area contributed by atoms with Crippen LogP contribution in [0, 0.1) is 6.92 Å². The summed E-state index contributed by atoms with van der Waals surface area (Å²) in [5.74, 6) is 1.11. The monoisotopic (exact) mass is 368 g/mol. The van der Waals surface area contributed by atoms with Crippen LogP contribution in [-0.4, -0.2) is 24.6 Å². The van der Waals surface area contributed by atoms with E-state index >= 15 is 0 Å². The van der Waals surface area contributed by atoms with Gasteiger partial charge in [-0.05, 0) is 36.8 Å². The van der Waals surface area contributed by atoms with Gasteiger partial charge in [0.25, 0.3) is 5.91 Å². The minimum atomic E-state index is -0.239. The summed E-state index contributed by atoms with van der Waals surface area (Å²) in [6.07, 6.45) is 2.60. The SMILES string of the molecule is COc1ccc(OCC(=O)Nc2ncc(Cc3ccc(C)cc3)s2)cc1. The van der Waals surface area contributed by atoms with Gasteiger partial charge in [0.15, 0.2) is 11.7 Å². The average Bonchev–Trinajstić information content (AvgIpc) is 3.09. The third-order valence-electron chi connectivity index (χ3n) is 3.73. The first-order valence-electron chi connectivity index (χ1n) is 8.19. The first-order valence-corrected chi connectivity index (χ1v) is 9.01. The summed E-state index contributed by atoms with van der Waals surface area (Å²) in [4.78, 5) is 17.4. The van der Waals surface area contributed by atoms with Crippen molar-refractivity contribution in [1.82, 2.24) is 4.98 Å². The molecule has 0 aliphatic rings. The molecule has 0 bridgehead atoms. The van der Waals surface area contributed by atoms with E-state index in [4.69, 9.17) is 9.47 Å². The van der Waals surface area contributed by atoms with Crippen LogP contribution in [0.2, 0.25) is 0 Å². The van der Waals surface area contributed by atoms with E-state index in [2.05, 4.69) is 41.5 Å². The predicted molar refractivity (Wildman–Crippen MR) is 103 cm³/mol. The molecule has 3 rings (SSSR count). The molecule has 0 unspecified atom stereocenters. The van der Waals surface area contributed by atoms with E-state index < -0.39 is 0 Å². The number of aryl methyl sites for hydroxylation is 1. The summed E-state index contributed by atoms with van der Waals surface area (Å²) in [5, 5.41) is 3.35. The number of rotatable bonds is 7. The zero-order valence-electron chi connectivity index (χ0n) is 14.7. The van der Waals surface area contributed by atoms with Crippen molar-refractivity contribution in [2.75, 3.05) is 19.0 Å². The predicted octanol–water partition coefficient (Wildman–Crippen LogP) is 4.07. The quantitative estimate of drug-likeness (QED) is 0.683. The number of amides is 1. The number of carbonyl (C=O) groups is 1. The molecule has 134 valence electrons. The van der Waals surface area contributed by atoms with E-state index in [1.165, 1.54) is 22.5 Å². The summed E-state index contributed by atoms with van der Waals surface area (Å²) >= 11 is 1.47. The highest BCUT2D eigenvalue weighted by Crippen LogP contribution is 2.22. The topological polar surface area (TPSA) is 60.5 Å². The third kappa shape index (κ3) is 5.07. The lowest BCUT2D eigenvalue weighted by Gasteiger charge is -2.06. The molecule has 0 aliphatic carbocycles. The molecule has 0 saturated carbocycles. The number of ether oxygens (including phenoxy) is 2. The number of nitrogens with zero attached hydrogens (tertiary/aromatic N) is 1.